The van der Waals surface area contributed by atoms with Crippen LogP contribution in [-0.2, 0) is 9.53 Å². The van der Waals surface area contributed by atoms with Crippen LogP contribution in [0.4, 0.5) is 17.3 Å². The van der Waals surface area contributed by atoms with Crippen LogP contribution in [0.2, 0.25) is 0 Å². The average Bonchev–Trinajstić information content (AvgIpc) is 2.59. The van der Waals surface area contributed by atoms with Gasteiger partial charge in [-0.25, -0.2) is 9.97 Å². The lowest BCUT2D eigenvalue weighted by Crippen LogP contribution is -2.37. The van der Waals surface area contributed by atoms with E-state index in [1.165, 1.54) is 6.33 Å². The molecule has 132 valence electrons. The van der Waals surface area contributed by atoms with E-state index < -0.39 is 4.92 Å². The summed E-state index contributed by atoms with van der Waals surface area (Å²) < 4.78 is 5.05. The van der Waals surface area contributed by atoms with Crippen molar-refractivity contribution in [3.8, 4) is 0 Å². The molecule has 1 aromatic rings. The first kappa shape index (κ1) is 17.9. The number of piperidine rings is 1. The molecular formula is C15H23N5O4. The van der Waals surface area contributed by atoms with Crippen LogP contribution >= 0.6 is 0 Å². The topological polar surface area (TPSA) is 110 Å². The average molecular weight is 337 g/mol. The van der Waals surface area contributed by atoms with Crippen LogP contribution in [0, 0.1) is 16.0 Å². The molecule has 1 aromatic heterocycles. The summed E-state index contributed by atoms with van der Waals surface area (Å²) in [6, 6.07) is 0. The largest absolute Gasteiger partial charge is 0.466 e. The highest BCUT2D eigenvalue weighted by Crippen LogP contribution is 2.34. The second kappa shape index (κ2) is 8.42. The van der Waals surface area contributed by atoms with Gasteiger partial charge in [0.2, 0.25) is 11.6 Å². The van der Waals surface area contributed by atoms with Crippen molar-refractivity contribution in [2.75, 3.05) is 36.5 Å². The molecule has 1 N–H and O–H groups in total. The second-order valence-electron chi connectivity index (χ2n) is 5.59. The van der Waals surface area contributed by atoms with Crippen molar-refractivity contribution in [2.24, 2.45) is 5.92 Å². The van der Waals surface area contributed by atoms with E-state index in [2.05, 4.69) is 15.3 Å². The number of nitro groups is 1. The molecular weight excluding hydrogens is 314 g/mol. The first-order chi connectivity index (χ1) is 11.6. The van der Waals surface area contributed by atoms with E-state index in [9.17, 15) is 14.9 Å². The van der Waals surface area contributed by atoms with Gasteiger partial charge in [0.15, 0.2) is 0 Å². The molecule has 0 unspecified atom stereocenters. The number of rotatable bonds is 7. The zero-order valence-corrected chi connectivity index (χ0v) is 14.0. The van der Waals surface area contributed by atoms with Crippen molar-refractivity contribution in [3.05, 3.63) is 16.4 Å². The predicted molar refractivity (Wildman–Crippen MR) is 89.0 cm³/mol. The fourth-order valence-electron chi connectivity index (χ4n) is 2.73. The Kier molecular flexibility index (Phi) is 6.28. The van der Waals surface area contributed by atoms with Gasteiger partial charge in [-0.3, -0.25) is 14.9 Å². The third kappa shape index (κ3) is 4.09. The smallest absolute Gasteiger partial charge is 0.353 e. The first-order valence-electron chi connectivity index (χ1n) is 8.23. The molecule has 0 bridgehead atoms. The summed E-state index contributed by atoms with van der Waals surface area (Å²) in [5.41, 5.74) is -0.111. The Labute approximate surface area is 140 Å². The van der Waals surface area contributed by atoms with Gasteiger partial charge < -0.3 is 15.0 Å². The highest BCUT2D eigenvalue weighted by molar-refractivity contribution is 5.74. The van der Waals surface area contributed by atoms with Gasteiger partial charge in [0, 0.05) is 19.6 Å². The molecule has 9 heteroatoms. The molecule has 0 aliphatic carbocycles. The lowest BCUT2D eigenvalue weighted by molar-refractivity contribution is -0.383. The molecule has 0 amide bonds. The Morgan fingerprint density at radius 3 is 2.71 bits per heavy atom. The van der Waals surface area contributed by atoms with Crippen molar-refractivity contribution in [1.82, 2.24) is 9.97 Å². The number of esters is 1. The standard InChI is InChI=1S/C15H23N5O4/c1-3-7-16-13-12(20(22)23)14(18-10-17-13)19-8-5-11(6-9-19)15(21)24-4-2/h10-11H,3-9H2,1-2H3,(H,16,17,18). The molecule has 0 saturated carbocycles. The van der Waals surface area contributed by atoms with Crippen molar-refractivity contribution in [2.45, 2.75) is 33.1 Å². The van der Waals surface area contributed by atoms with Crippen LogP contribution in [0.1, 0.15) is 33.1 Å². The number of hydrogen-bond donors (Lipinski definition) is 1. The molecule has 24 heavy (non-hydrogen) atoms. The van der Waals surface area contributed by atoms with E-state index in [0.29, 0.717) is 44.9 Å². The summed E-state index contributed by atoms with van der Waals surface area (Å²) in [7, 11) is 0. The van der Waals surface area contributed by atoms with Gasteiger partial charge >= 0.3 is 11.7 Å². The highest BCUT2D eigenvalue weighted by atomic mass is 16.6. The van der Waals surface area contributed by atoms with E-state index in [1.54, 1.807) is 6.92 Å². The molecule has 0 radical (unpaired) electrons. The summed E-state index contributed by atoms with van der Waals surface area (Å²) in [6.07, 6.45) is 3.36. The maximum absolute atomic E-state index is 11.8. The van der Waals surface area contributed by atoms with Crippen molar-refractivity contribution in [3.63, 3.8) is 0 Å². The Hall–Kier alpha value is -2.45. The number of nitrogens with one attached hydrogen (secondary N) is 1. The molecule has 2 heterocycles. The lowest BCUT2D eigenvalue weighted by Gasteiger charge is -2.31. The Morgan fingerprint density at radius 2 is 2.12 bits per heavy atom. The van der Waals surface area contributed by atoms with Crippen LogP contribution in [0.15, 0.2) is 6.33 Å². The summed E-state index contributed by atoms with van der Waals surface area (Å²) in [5.74, 6) is 0.190. The zero-order valence-electron chi connectivity index (χ0n) is 14.0. The molecule has 0 aromatic carbocycles. The molecule has 0 spiro atoms. The molecule has 1 aliphatic heterocycles. The lowest BCUT2D eigenvalue weighted by atomic mass is 9.97. The van der Waals surface area contributed by atoms with E-state index in [4.69, 9.17) is 4.74 Å². The maximum atomic E-state index is 11.8. The fourth-order valence-corrected chi connectivity index (χ4v) is 2.73. The number of nitrogens with zero attached hydrogens (tertiary/aromatic N) is 4. The van der Waals surface area contributed by atoms with E-state index in [0.717, 1.165) is 6.42 Å². The van der Waals surface area contributed by atoms with Crippen molar-refractivity contribution >= 4 is 23.3 Å². The van der Waals surface area contributed by atoms with Crippen LogP contribution in [0.25, 0.3) is 0 Å². The van der Waals surface area contributed by atoms with E-state index in [1.807, 2.05) is 11.8 Å². The van der Waals surface area contributed by atoms with E-state index in [-0.39, 0.29) is 23.4 Å². The normalized spacial score (nSPS) is 15.2. The van der Waals surface area contributed by atoms with Gasteiger partial charge in [-0.15, -0.1) is 0 Å². The second-order valence-corrected chi connectivity index (χ2v) is 5.59. The fraction of sp³-hybridized carbons (Fsp3) is 0.667. The number of carbonyl (C=O) groups excluding carboxylic acids is 1. The number of aromatic nitrogens is 2. The number of hydrogen-bond acceptors (Lipinski definition) is 8. The Bertz CT molecular complexity index is 587. The van der Waals surface area contributed by atoms with Gasteiger partial charge in [-0.05, 0) is 26.2 Å². The number of anilines is 2. The first-order valence-corrected chi connectivity index (χ1v) is 8.23. The van der Waals surface area contributed by atoms with Gasteiger partial charge in [0.05, 0.1) is 17.4 Å². The highest BCUT2D eigenvalue weighted by Gasteiger charge is 2.32. The predicted octanol–water partition coefficient (Wildman–Crippen LogP) is 1.99. The summed E-state index contributed by atoms with van der Waals surface area (Å²) in [5, 5.41) is 14.5. The Morgan fingerprint density at radius 1 is 1.42 bits per heavy atom. The van der Waals surface area contributed by atoms with Crippen LogP contribution in [0.5, 0.6) is 0 Å². The summed E-state index contributed by atoms with van der Waals surface area (Å²) >= 11 is 0. The molecule has 9 nitrogen and oxygen atoms in total. The minimum atomic E-state index is -0.454. The molecule has 0 atom stereocenters. The van der Waals surface area contributed by atoms with Gasteiger partial charge in [-0.2, -0.15) is 0 Å². The monoisotopic (exact) mass is 337 g/mol. The zero-order chi connectivity index (χ0) is 17.5. The van der Waals surface area contributed by atoms with Crippen molar-refractivity contribution < 1.29 is 14.5 Å². The number of ether oxygens (including phenoxy) is 1. The third-order valence-corrected chi connectivity index (χ3v) is 3.94. The minimum Gasteiger partial charge on any atom is -0.466 e. The minimum absolute atomic E-state index is 0.111. The van der Waals surface area contributed by atoms with Crippen LogP contribution in [0.3, 0.4) is 0 Å². The van der Waals surface area contributed by atoms with Crippen molar-refractivity contribution in [1.29, 1.82) is 0 Å². The van der Waals surface area contributed by atoms with Crippen LogP contribution in [-0.4, -0.2) is 47.1 Å². The molecule has 1 fully saturated rings. The van der Waals surface area contributed by atoms with Gasteiger partial charge in [0.1, 0.15) is 6.33 Å². The van der Waals surface area contributed by atoms with Crippen LogP contribution < -0.4 is 10.2 Å². The Balaban J connectivity index is 2.15. The summed E-state index contributed by atoms with van der Waals surface area (Å²) in [4.78, 5) is 32.8. The number of carbonyl (C=O) groups is 1. The van der Waals surface area contributed by atoms with E-state index >= 15 is 0 Å². The SMILES string of the molecule is CCCNc1ncnc(N2CCC(C(=O)OCC)CC2)c1[N+](=O)[O-]. The molecule has 1 aliphatic rings. The third-order valence-electron chi connectivity index (χ3n) is 3.94. The summed E-state index contributed by atoms with van der Waals surface area (Å²) in [6.45, 7) is 5.76. The van der Waals surface area contributed by atoms with Gasteiger partial charge in [0.25, 0.3) is 0 Å². The molecule has 1 saturated heterocycles. The van der Waals surface area contributed by atoms with Gasteiger partial charge in [-0.1, -0.05) is 6.92 Å². The molecule has 2 rings (SSSR count). The maximum Gasteiger partial charge on any atom is 0.353 e. The quantitative estimate of drug-likeness (QED) is 0.457.